The highest BCUT2D eigenvalue weighted by Gasteiger charge is 2.43. The molecule has 1 aromatic carbocycles. The summed E-state index contributed by atoms with van der Waals surface area (Å²) in [5.74, 6) is 2.83. The predicted octanol–water partition coefficient (Wildman–Crippen LogP) is 4.56. The molecule has 3 atom stereocenters. The van der Waals surface area contributed by atoms with E-state index in [0.29, 0.717) is 17.8 Å². The second-order valence-electron chi connectivity index (χ2n) is 7.41. The van der Waals surface area contributed by atoms with Crippen LogP contribution in [0.25, 0.3) is 0 Å². The summed E-state index contributed by atoms with van der Waals surface area (Å²) in [6.45, 7) is 11.2. The van der Waals surface area contributed by atoms with Crippen LogP contribution >= 0.6 is 0 Å². The van der Waals surface area contributed by atoms with Gasteiger partial charge < -0.3 is 10.5 Å². The summed E-state index contributed by atoms with van der Waals surface area (Å²) in [5.41, 5.74) is 10.6. The van der Waals surface area contributed by atoms with Crippen molar-refractivity contribution < 1.29 is 4.74 Å². The van der Waals surface area contributed by atoms with E-state index in [1.165, 1.54) is 29.5 Å². The van der Waals surface area contributed by atoms with Crippen LogP contribution in [0.2, 0.25) is 0 Å². The molecule has 2 heteroatoms. The van der Waals surface area contributed by atoms with Crippen molar-refractivity contribution in [3.8, 4) is 5.75 Å². The summed E-state index contributed by atoms with van der Waals surface area (Å²) in [4.78, 5) is 0. The van der Waals surface area contributed by atoms with Gasteiger partial charge in [0.1, 0.15) is 5.75 Å². The minimum atomic E-state index is -0.201. The first-order valence-corrected chi connectivity index (χ1v) is 8.24. The maximum atomic E-state index is 7.04. The smallest absolute Gasteiger partial charge is 0.122 e. The molecular formula is C19H31NO. The molecule has 1 aliphatic carbocycles. The highest BCUT2D eigenvalue weighted by molar-refractivity contribution is 5.45. The van der Waals surface area contributed by atoms with E-state index in [2.05, 4.69) is 46.8 Å². The molecule has 0 saturated heterocycles. The first-order valence-electron chi connectivity index (χ1n) is 8.24. The Morgan fingerprint density at radius 1 is 1.19 bits per heavy atom. The Hall–Kier alpha value is -1.02. The normalized spacial score (nSPS) is 29.7. The molecular weight excluding hydrogens is 258 g/mol. The molecule has 0 radical (unpaired) electrons. The van der Waals surface area contributed by atoms with Gasteiger partial charge in [-0.3, -0.25) is 0 Å². The van der Waals surface area contributed by atoms with Crippen LogP contribution in [0.15, 0.2) is 12.1 Å². The summed E-state index contributed by atoms with van der Waals surface area (Å²) in [7, 11) is 1.74. The Bertz CT molecular complexity index is 509. The third kappa shape index (κ3) is 2.96. The lowest BCUT2D eigenvalue weighted by molar-refractivity contribution is 0.108. The molecule has 2 N–H and O–H groups in total. The topological polar surface area (TPSA) is 35.2 Å². The molecule has 0 spiro atoms. The Morgan fingerprint density at radius 3 is 2.43 bits per heavy atom. The molecule has 1 aromatic rings. The minimum Gasteiger partial charge on any atom is -0.496 e. The molecule has 0 bridgehead atoms. The standard InChI is InChI=1S/C19H31NO/c1-12(2)16-8-7-13(3)11-19(16,20)17-9-15(5)18(21-6)10-14(17)4/h9-10,12-13,16H,7-8,11,20H2,1-6H3. The third-order valence-electron chi connectivity index (χ3n) is 5.37. The number of aryl methyl sites for hydroxylation is 2. The van der Waals surface area contributed by atoms with Crippen LogP contribution in [0.3, 0.4) is 0 Å². The van der Waals surface area contributed by atoms with Crippen LogP contribution in [0.4, 0.5) is 0 Å². The average Bonchev–Trinajstić information content (AvgIpc) is 2.40. The van der Waals surface area contributed by atoms with Gasteiger partial charge in [0, 0.05) is 5.54 Å². The molecule has 2 rings (SSSR count). The van der Waals surface area contributed by atoms with Gasteiger partial charge in [-0.2, -0.15) is 0 Å². The van der Waals surface area contributed by atoms with Crippen molar-refractivity contribution in [1.82, 2.24) is 0 Å². The maximum Gasteiger partial charge on any atom is 0.122 e. The molecule has 1 aliphatic rings. The molecule has 1 fully saturated rings. The second kappa shape index (κ2) is 6.00. The zero-order chi connectivity index (χ0) is 15.8. The number of methoxy groups -OCH3 is 1. The number of rotatable bonds is 3. The van der Waals surface area contributed by atoms with E-state index in [1.807, 2.05) is 0 Å². The summed E-state index contributed by atoms with van der Waals surface area (Å²) in [5, 5.41) is 0. The number of benzene rings is 1. The summed E-state index contributed by atoms with van der Waals surface area (Å²) in [6.07, 6.45) is 3.62. The molecule has 118 valence electrons. The van der Waals surface area contributed by atoms with Crippen LogP contribution in [0, 0.1) is 31.6 Å². The molecule has 3 unspecified atom stereocenters. The van der Waals surface area contributed by atoms with Gasteiger partial charge in [0.15, 0.2) is 0 Å². The van der Waals surface area contributed by atoms with Crippen molar-refractivity contribution >= 4 is 0 Å². The maximum absolute atomic E-state index is 7.04. The van der Waals surface area contributed by atoms with Crippen molar-refractivity contribution in [1.29, 1.82) is 0 Å². The van der Waals surface area contributed by atoms with E-state index < -0.39 is 0 Å². The molecule has 0 aliphatic heterocycles. The lowest BCUT2D eigenvalue weighted by Gasteiger charge is -2.47. The molecule has 0 heterocycles. The minimum absolute atomic E-state index is 0.201. The van der Waals surface area contributed by atoms with Crippen molar-refractivity contribution in [2.75, 3.05) is 7.11 Å². The van der Waals surface area contributed by atoms with Crippen molar-refractivity contribution in [3.05, 3.63) is 28.8 Å². The Balaban J connectivity index is 2.52. The van der Waals surface area contributed by atoms with Crippen LogP contribution in [0.1, 0.15) is 56.7 Å². The second-order valence-corrected chi connectivity index (χ2v) is 7.41. The SMILES string of the molecule is COc1cc(C)c(C2(N)CC(C)CCC2C(C)C)cc1C. The Kier molecular flexibility index (Phi) is 4.67. The van der Waals surface area contributed by atoms with Crippen molar-refractivity contribution in [3.63, 3.8) is 0 Å². The molecule has 0 amide bonds. The van der Waals surface area contributed by atoms with Crippen LogP contribution in [-0.4, -0.2) is 7.11 Å². The van der Waals surface area contributed by atoms with E-state index in [9.17, 15) is 0 Å². The van der Waals surface area contributed by atoms with E-state index in [4.69, 9.17) is 10.5 Å². The van der Waals surface area contributed by atoms with Gasteiger partial charge in [0.05, 0.1) is 7.11 Å². The van der Waals surface area contributed by atoms with Gasteiger partial charge in [0.25, 0.3) is 0 Å². The molecule has 21 heavy (non-hydrogen) atoms. The first kappa shape index (κ1) is 16.4. The van der Waals surface area contributed by atoms with E-state index >= 15 is 0 Å². The fraction of sp³-hybridized carbons (Fsp3) is 0.684. The number of hydrogen-bond acceptors (Lipinski definition) is 2. The number of hydrogen-bond donors (Lipinski definition) is 1. The Morgan fingerprint density at radius 2 is 1.86 bits per heavy atom. The summed E-state index contributed by atoms with van der Waals surface area (Å²) < 4.78 is 5.46. The van der Waals surface area contributed by atoms with Crippen molar-refractivity contribution in [2.24, 2.45) is 23.5 Å². The quantitative estimate of drug-likeness (QED) is 0.885. The Labute approximate surface area is 130 Å². The van der Waals surface area contributed by atoms with E-state index in [-0.39, 0.29) is 5.54 Å². The molecule has 2 nitrogen and oxygen atoms in total. The van der Waals surface area contributed by atoms with Gasteiger partial charge in [-0.05, 0) is 67.2 Å². The number of ether oxygens (including phenoxy) is 1. The van der Waals surface area contributed by atoms with Crippen LogP contribution in [-0.2, 0) is 5.54 Å². The fourth-order valence-electron chi connectivity index (χ4n) is 4.30. The zero-order valence-electron chi connectivity index (χ0n) is 14.5. The van der Waals surface area contributed by atoms with Crippen LogP contribution in [0.5, 0.6) is 5.75 Å². The van der Waals surface area contributed by atoms with Gasteiger partial charge >= 0.3 is 0 Å². The predicted molar refractivity (Wildman–Crippen MR) is 89.7 cm³/mol. The van der Waals surface area contributed by atoms with Gasteiger partial charge in [-0.15, -0.1) is 0 Å². The van der Waals surface area contributed by atoms with E-state index in [1.54, 1.807) is 7.11 Å². The largest absolute Gasteiger partial charge is 0.496 e. The van der Waals surface area contributed by atoms with Crippen LogP contribution < -0.4 is 10.5 Å². The summed E-state index contributed by atoms with van der Waals surface area (Å²) in [6, 6.07) is 4.41. The van der Waals surface area contributed by atoms with E-state index in [0.717, 1.165) is 12.2 Å². The summed E-state index contributed by atoms with van der Waals surface area (Å²) >= 11 is 0. The molecule has 1 saturated carbocycles. The van der Waals surface area contributed by atoms with Gasteiger partial charge in [-0.25, -0.2) is 0 Å². The number of nitrogens with two attached hydrogens (primary N) is 1. The fourth-order valence-corrected chi connectivity index (χ4v) is 4.30. The highest BCUT2D eigenvalue weighted by Crippen LogP contribution is 2.47. The zero-order valence-corrected chi connectivity index (χ0v) is 14.5. The molecule has 0 aromatic heterocycles. The van der Waals surface area contributed by atoms with Gasteiger partial charge in [-0.1, -0.05) is 33.3 Å². The lowest BCUT2D eigenvalue weighted by Crippen LogP contribution is -2.50. The monoisotopic (exact) mass is 289 g/mol. The lowest BCUT2D eigenvalue weighted by atomic mass is 9.62. The highest BCUT2D eigenvalue weighted by atomic mass is 16.5. The van der Waals surface area contributed by atoms with Gasteiger partial charge in [0.2, 0.25) is 0 Å². The average molecular weight is 289 g/mol. The first-order chi connectivity index (χ1) is 9.79. The van der Waals surface area contributed by atoms with Crippen molar-refractivity contribution in [2.45, 2.75) is 59.4 Å². The third-order valence-corrected chi connectivity index (χ3v) is 5.37.